The van der Waals surface area contributed by atoms with Crippen molar-refractivity contribution < 1.29 is 32.4 Å². The minimum Gasteiger partial charge on any atom is -0.455 e. The lowest BCUT2D eigenvalue weighted by Crippen LogP contribution is -2.27. The lowest BCUT2D eigenvalue weighted by Gasteiger charge is -2.22. The van der Waals surface area contributed by atoms with Gasteiger partial charge in [-0.2, -0.15) is 0 Å². The van der Waals surface area contributed by atoms with Gasteiger partial charge in [0, 0.05) is 54.9 Å². The molecule has 3 aromatic carbocycles. The van der Waals surface area contributed by atoms with Crippen LogP contribution in [0, 0.1) is 12.7 Å². The topological polar surface area (TPSA) is 127 Å². The number of carbonyl (C=O) groups is 2. The first-order chi connectivity index (χ1) is 24.2. The number of para-hydroxylation sites is 1. The highest BCUT2D eigenvalue weighted by molar-refractivity contribution is 7.85. The molecule has 3 aromatic heterocycles. The molecule has 10 nitrogen and oxygen atoms in total. The van der Waals surface area contributed by atoms with Crippen molar-refractivity contribution in [2.75, 3.05) is 31.3 Å². The van der Waals surface area contributed by atoms with Crippen molar-refractivity contribution in [1.82, 2.24) is 14.9 Å². The number of benzene rings is 3. The number of pyridine rings is 1. The van der Waals surface area contributed by atoms with E-state index in [9.17, 15) is 23.3 Å². The lowest BCUT2D eigenvalue weighted by atomic mass is 9.99. The SMILES string of the molecule is CNC(=O)c1c(-c2ccc(F)cc2)oc2cc(N(C)S(C)=O)c(-c3ccc(CCO)c(-c4c(C)c5ccccc5n4C(=O)OC(C)(C)C)n3)cc12. The predicted octanol–water partition coefficient (Wildman–Crippen LogP) is 7.64. The highest BCUT2D eigenvalue weighted by atomic mass is 32.2. The van der Waals surface area contributed by atoms with E-state index in [0.717, 1.165) is 10.9 Å². The Bertz CT molecular complexity index is 2340. The van der Waals surface area contributed by atoms with Crippen LogP contribution in [0.5, 0.6) is 0 Å². The molecule has 1 amide bonds. The molecule has 2 N–H and O–H groups in total. The van der Waals surface area contributed by atoms with E-state index in [1.165, 1.54) is 35.9 Å². The fourth-order valence-electron chi connectivity index (χ4n) is 6.24. The Hall–Kier alpha value is -5.33. The average Bonchev–Trinajstić information content (AvgIpc) is 3.61. The van der Waals surface area contributed by atoms with E-state index in [-0.39, 0.29) is 24.4 Å². The van der Waals surface area contributed by atoms with Crippen molar-refractivity contribution in [3.63, 3.8) is 0 Å². The van der Waals surface area contributed by atoms with Crippen molar-refractivity contribution in [1.29, 1.82) is 0 Å². The van der Waals surface area contributed by atoms with Gasteiger partial charge in [0.05, 0.1) is 33.8 Å². The minimum absolute atomic E-state index is 0.162. The van der Waals surface area contributed by atoms with Gasteiger partial charge in [-0.15, -0.1) is 0 Å². The molecule has 264 valence electrons. The van der Waals surface area contributed by atoms with Crippen molar-refractivity contribution in [3.05, 3.63) is 95.3 Å². The molecule has 0 spiro atoms. The summed E-state index contributed by atoms with van der Waals surface area (Å²) in [6, 6.07) is 20.3. The fraction of sp³-hybridized carbons (Fsp3) is 0.256. The fourth-order valence-corrected chi connectivity index (χ4v) is 6.67. The normalized spacial score (nSPS) is 12.3. The third-order valence-corrected chi connectivity index (χ3v) is 9.62. The molecular formula is C39H39FN4O6S. The number of amides is 1. The first-order valence-electron chi connectivity index (χ1n) is 16.3. The molecule has 1 unspecified atom stereocenters. The van der Waals surface area contributed by atoms with Gasteiger partial charge >= 0.3 is 6.09 Å². The number of hydrogen-bond donors (Lipinski definition) is 2. The van der Waals surface area contributed by atoms with Crippen molar-refractivity contribution in [2.45, 2.75) is 39.7 Å². The summed E-state index contributed by atoms with van der Waals surface area (Å²) in [4.78, 5) is 32.5. The number of ether oxygens (including phenoxy) is 1. The third-order valence-electron chi connectivity index (χ3n) is 8.66. The Morgan fingerprint density at radius 1 is 1.06 bits per heavy atom. The van der Waals surface area contributed by atoms with E-state index in [1.54, 1.807) is 56.6 Å². The third kappa shape index (κ3) is 6.64. The number of carbonyl (C=O) groups excluding carboxylic acids is 2. The van der Waals surface area contributed by atoms with Crippen LogP contribution in [0.2, 0.25) is 0 Å². The molecule has 0 bridgehead atoms. The molecule has 6 aromatic rings. The van der Waals surface area contributed by atoms with Crippen molar-refractivity contribution >= 4 is 50.5 Å². The van der Waals surface area contributed by atoms with E-state index >= 15 is 0 Å². The number of anilines is 1. The van der Waals surface area contributed by atoms with Gasteiger partial charge in [0.25, 0.3) is 5.91 Å². The van der Waals surface area contributed by atoms with Crippen LogP contribution in [0.4, 0.5) is 14.9 Å². The number of nitrogens with zero attached hydrogens (tertiary/aromatic N) is 3. The molecule has 0 saturated carbocycles. The van der Waals surface area contributed by atoms with Crippen molar-refractivity contribution in [3.8, 4) is 34.0 Å². The Balaban J connectivity index is 1.67. The molecule has 0 saturated heterocycles. The molecule has 3 heterocycles. The molecule has 12 heteroatoms. The van der Waals surface area contributed by atoms with Gasteiger partial charge in [-0.1, -0.05) is 24.3 Å². The zero-order valence-electron chi connectivity index (χ0n) is 29.5. The summed E-state index contributed by atoms with van der Waals surface area (Å²) >= 11 is 0. The van der Waals surface area contributed by atoms with Gasteiger partial charge in [0.1, 0.15) is 33.7 Å². The average molecular weight is 711 g/mol. The number of hydrogen-bond acceptors (Lipinski definition) is 7. The maximum absolute atomic E-state index is 13.9. The standard InChI is InChI=1S/C39H39FN4O6S/c1-22-26-10-8-9-11-30(26)44(38(47)50-39(2,3)4)35(22)34-23(18-19-45)14-17-29(42-34)27-20-28-32(21-31(27)43(6)51(7)48)49-36(33(28)37(46)41-5)24-12-15-25(40)16-13-24/h8-17,20-21,45H,18-19H2,1-7H3,(H,41,46). The molecular weight excluding hydrogens is 672 g/mol. The van der Waals surface area contributed by atoms with Crippen LogP contribution >= 0.6 is 0 Å². The Kier molecular flexibility index (Phi) is 9.58. The van der Waals surface area contributed by atoms with Crippen molar-refractivity contribution in [2.24, 2.45) is 0 Å². The summed E-state index contributed by atoms with van der Waals surface area (Å²) < 4.78 is 42.1. The predicted molar refractivity (Wildman–Crippen MR) is 199 cm³/mol. The zero-order valence-corrected chi connectivity index (χ0v) is 30.3. The number of aryl methyl sites for hydroxylation is 1. The first kappa shape index (κ1) is 35.5. The number of aliphatic hydroxyl groups excluding tert-OH is 1. The maximum Gasteiger partial charge on any atom is 0.419 e. The number of fused-ring (bicyclic) bond motifs is 2. The van der Waals surface area contributed by atoms with Gasteiger partial charge in [-0.05, 0) is 87.7 Å². The van der Waals surface area contributed by atoms with E-state index in [2.05, 4.69) is 5.32 Å². The van der Waals surface area contributed by atoms with Crippen LogP contribution in [-0.4, -0.2) is 63.4 Å². The zero-order chi connectivity index (χ0) is 36.8. The Labute approximate surface area is 297 Å². The molecule has 6 rings (SSSR count). The largest absolute Gasteiger partial charge is 0.455 e. The van der Waals surface area contributed by atoms with Gasteiger partial charge in [-0.3, -0.25) is 9.10 Å². The maximum atomic E-state index is 13.9. The van der Waals surface area contributed by atoms with E-state index in [0.29, 0.717) is 55.9 Å². The number of nitrogens with one attached hydrogen (secondary N) is 1. The molecule has 0 fully saturated rings. The molecule has 1 atom stereocenters. The minimum atomic E-state index is -1.47. The number of furan rings is 1. The van der Waals surface area contributed by atoms with Crippen LogP contribution in [0.15, 0.2) is 77.2 Å². The summed E-state index contributed by atoms with van der Waals surface area (Å²) in [6.45, 7) is 7.16. The van der Waals surface area contributed by atoms with Gasteiger partial charge in [-0.25, -0.2) is 22.9 Å². The highest BCUT2D eigenvalue weighted by Crippen LogP contribution is 2.42. The molecule has 51 heavy (non-hydrogen) atoms. The number of aromatic nitrogens is 2. The molecule has 0 aliphatic heterocycles. The van der Waals surface area contributed by atoms with Crippen LogP contribution in [0.3, 0.4) is 0 Å². The summed E-state index contributed by atoms with van der Waals surface area (Å²) in [5, 5.41) is 14.1. The molecule has 0 aliphatic rings. The second kappa shape index (κ2) is 13.8. The highest BCUT2D eigenvalue weighted by Gasteiger charge is 2.29. The van der Waals surface area contributed by atoms with E-state index < -0.39 is 34.4 Å². The van der Waals surface area contributed by atoms with Gasteiger partial charge in [0.2, 0.25) is 0 Å². The molecule has 0 radical (unpaired) electrons. The Morgan fingerprint density at radius 2 is 1.76 bits per heavy atom. The van der Waals surface area contributed by atoms with E-state index in [1.807, 2.05) is 37.3 Å². The summed E-state index contributed by atoms with van der Waals surface area (Å²) in [7, 11) is 1.72. The summed E-state index contributed by atoms with van der Waals surface area (Å²) in [5.74, 6) is -0.596. The molecule has 0 aliphatic carbocycles. The number of rotatable bonds is 8. The lowest BCUT2D eigenvalue weighted by molar-refractivity contribution is 0.0546. The van der Waals surface area contributed by atoms with Crippen LogP contribution in [0.1, 0.15) is 42.3 Å². The summed E-state index contributed by atoms with van der Waals surface area (Å²) in [6.07, 6.45) is 1.22. The van der Waals surface area contributed by atoms with E-state index in [4.69, 9.17) is 14.1 Å². The van der Waals surface area contributed by atoms with Gasteiger partial charge < -0.3 is 19.6 Å². The smallest absolute Gasteiger partial charge is 0.419 e. The van der Waals surface area contributed by atoms with Crippen LogP contribution in [0.25, 0.3) is 55.8 Å². The second-order valence-electron chi connectivity index (χ2n) is 13.2. The summed E-state index contributed by atoms with van der Waals surface area (Å²) in [5.41, 5.74) is 4.91. The number of halogens is 1. The number of aliphatic hydroxyl groups is 1. The monoisotopic (exact) mass is 710 g/mol. The van der Waals surface area contributed by atoms with Crippen LogP contribution < -0.4 is 9.62 Å². The van der Waals surface area contributed by atoms with Gasteiger partial charge in [0.15, 0.2) is 0 Å². The second-order valence-corrected chi connectivity index (χ2v) is 14.6. The Morgan fingerprint density at radius 3 is 2.41 bits per heavy atom. The van der Waals surface area contributed by atoms with Crippen LogP contribution in [-0.2, 0) is 22.1 Å². The quantitative estimate of drug-likeness (QED) is 0.166. The first-order valence-corrected chi connectivity index (χ1v) is 17.9.